The monoisotopic (exact) mass is 391 g/mol. The zero-order valence-corrected chi connectivity index (χ0v) is 16.4. The van der Waals surface area contributed by atoms with Gasteiger partial charge in [0.2, 0.25) is 0 Å². The molecule has 0 amide bonds. The lowest BCUT2D eigenvalue weighted by molar-refractivity contribution is 0.555. The Balaban J connectivity index is 1.75. The van der Waals surface area contributed by atoms with E-state index in [1.54, 1.807) is 7.05 Å². The quantitative estimate of drug-likeness (QED) is 0.451. The van der Waals surface area contributed by atoms with Crippen LogP contribution in [-0.4, -0.2) is 29.3 Å². The summed E-state index contributed by atoms with van der Waals surface area (Å²) in [5.74, 6) is 0.825. The van der Waals surface area contributed by atoms with Crippen molar-refractivity contribution in [2.45, 2.75) is 40.3 Å². The first-order valence-corrected chi connectivity index (χ1v) is 8.99. The molecule has 0 radical (unpaired) electrons. The molecule has 0 aliphatic heterocycles. The summed E-state index contributed by atoms with van der Waals surface area (Å²) in [6.45, 7) is 8.77. The Morgan fingerprint density at radius 3 is 2.62 bits per heavy atom. The average Bonchev–Trinajstić information content (AvgIpc) is 2.86. The third-order valence-electron chi connectivity index (χ3n) is 3.92. The maximum absolute atomic E-state index is 4.48. The molecule has 1 heterocycles. The number of halogens is 1. The van der Waals surface area contributed by atoms with Crippen LogP contribution < -0.4 is 10.6 Å². The lowest BCUT2D eigenvalue weighted by Crippen LogP contribution is -2.37. The van der Waals surface area contributed by atoms with Gasteiger partial charge in [-0.1, -0.05) is 22.0 Å². The van der Waals surface area contributed by atoms with Crippen molar-refractivity contribution in [1.82, 2.24) is 20.4 Å². The van der Waals surface area contributed by atoms with Crippen LogP contribution in [0.15, 0.2) is 33.7 Å². The van der Waals surface area contributed by atoms with Crippen LogP contribution in [0.4, 0.5) is 0 Å². The summed E-state index contributed by atoms with van der Waals surface area (Å²) in [7, 11) is 1.80. The molecule has 0 atom stereocenters. The molecule has 6 heteroatoms. The predicted molar refractivity (Wildman–Crippen MR) is 103 cm³/mol. The number of benzene rings is 1. The van der Waals surface area contributed by atoms with E-state index in [2.05, 4.69) is 79.4 Å². The summed E-state index contributed by atoms with van der Waals surface area (Å²) in [5, 5.41) is 11.2. The summed E-state index contributed by atoms with van der Waals surface area (Å²) < 4.78 is 3.16. The highest BCUT2D eigenvalue weighted by Gasteiger charge is 2.03. The zero-order chi connectivity index (χ0) is 17.5. The molecular weight excluding hydrogens is 366 g/mol. The fourth-order valence-electron chi connectivity index (χ4n) is 2.59. The molecule has 5 nitrogen and oxygen atoms in total. The van der Waals surface area contributed by atoms with E-state index in [0.29, 0.717) is 0 Å². The molecule has 2 rings (SSSR count). The molecule has 0 saturated carbocycles. The molecule has 24 heavy (non-hydrogen) atoms. The Kier molecular flexibility index (Phi) is 6.85. The van der Waals surface area contributed by atoms with Crippen molar-refractivity contribution < 1.29 is 0 Å². The van der Waals surface area contributed by atoms with Crippen molar-refractivity contribution in [2.24, 2.45) is 4.99 Å². The molecule has 2 N–H and O–H groups in total. The fourth-order valence-corrected chi connectivity index (χ4v) is 3.07. The highest BCUT2D eigenvalue weighted by molar-refractivity contribution is 9.10. The number of guanidine groups is 1. The zero-order valence-electron chi connectivity index (χ0n) is 14.9. The van der Waals surface area contributed by atoms with Crippen molar-refractivity contribution in [1.29, 1.82) is 0 Å². The molecule has 0 spiro atoms. The van der Waals surface area contributed by atoms with Crippen molar-refractivity contribution in [3.8, 4) is 0 Å². The van der Waals surface area contributed by atoms with Crippen LogP contribution in [-0.2, 0) is 13.1 Å². The molecule has 130 valence electrons. The Morgan fingerprint density at radius 2 is 2.00 bits per heavy atom. The summed E-state index contributed by atoms with van der Waals surface area (Å²) >= 11 is 3.49. The van der Waals surface area contributed by atoms with Crippen molar-refractivity contribution in [2.75, 3.05) is 13.6 Å². The second-order valence-electron chi connectivity index (χ2n) is 5.93. The molecule has 1 aromatic heterocycles. The number of nitrogens with zero attached hydrogens (tertiary/aromatic N) is 3. The summed E-state index contributed by atoms with van der Waals surface area (Å²) in [6.07, 6.45) is 1.000. The second-order valence-corrected chi connectivity index (χ2v) is 6.84. The molecule has 1 aromatic carbocycles. The molecule has 0 saturated heterocycles. The first-order valence-electron chi connectivity index (χ1n) is 8.20. The predicted octanol–water partition coefficient (Wildman–Crippen LogP) is 3.33. The first-order chi connectivity index (χ1) is 11.5. The smallest absolute Gasteiger partial charge is 0.191 e. The van der Waals surface area contributed by atoms with Gasteiger partial charge in [-0.25, -0.2) is 0 Å². The van der Waals surface area contributed by atoms with Gasteiger partial charge >= 0.3 is 0 Å². The Morgan fingerprint density at radius 1 is 1.21 bits per heavy atom. The van der Waals surface area contributed by atoms with E-state index in [1.165, 1.54) is 16.8 Å². The van der Waals surface area contributed by atoms with Gasteiger partial charge in [0.1, 0.15) is 0 Å². The Labute approximate surface area is 152 Å². The highest BCUT2D eigenvalue weighted by Crippen LogP contribution is 2.15. The van der Waals surface area contributed by atoms with Gasteiger partial charge in [-0.15, -0.1) is 0 Å². The first kappa shape index (κ1) is 18.5. The maximum Gasteiger partial charge on any atom is 0.191 e. The summed E-state index contributed by atoms with van der Waals surface area (Å²) in [6, 6.07) is 8.42. The highest BCUT2D eigenvalue weighted by atomic mass is 79.9. The molecule has 0 fully saturated rings. The van der Waals surface area contributed by atoms with Crippen LogP contribution in [0, 0.1) is 20.8 Å². The fraction of sp³-hybridized carbons (Fsp3) is 0.444. The minimum Gasteiger partial charge on any atom is -0.356 e. The summed E-state index contributed by atoms with van der Waals surface area (Å²) in [4.78, 5) is 4.28. The number of rotatable bonds is 6. The van der Waals surface area contributed by atoms with E-state index in [9.17, 15) is 0 Å². The Bertz CT molecular complexity index is 705. The number of aryl methyl sites for hydroxylation is 4. The van der Waals surface area contributed by atoms with E-state index in [0.717, 1.165) is 42.2 Å². The van der Waals surface area contributed by atoms with Gasteiger partial charge in [0.05, 0.1) is 5.69 Å². The second kappa shape index (κ2) is 8.87. The van der Waals surface area contributed by atoms with Gasteiger partial charge in [0.15, 0.2) is 5.96 Å². The van der Waals surface area contributed by atoms with Crippen molar-refractivity contribution in [3.63, 3.8) is 0 Å². The van der Waals surface area contributed by atoms with Crippen molar-refractivity contribution in [3.05, 3.63) is 51.3 Å². The molecule has 0 aliphatic carbocycles. The summed E-state index contributed by atoms with van der Waals surface area (Å²) in [5.41, 5.74) is 4.81. The van der Waals surface area contributed by atoms with E-state index >= 15 is 0 Å². The van der Waals surface area contributed by atoms with E-state index < -0.39 is 0 Å². The Hall–Kier alpha value is -1.82. The van der Waals surface area contributed by atoms with Gasteiger partial charge in [0, 0.05) is 36.8 Å². The van der Waals surface area contributed by atoms with Gasteiger partial charge in [-0.05, 0) is 56.5 Å². The van der Waals surface area contributed by atoms with Gasteiger partial charge in [-0.2, -0.15) is 5.10 Å². The standard InChI is InChI=1S/C18H26BrN5/c1-13-10-17(19)7-6-16(13)12-22-18(20-4)21-8-5-9-24-15(3)11-14(2)23-24/h6-7,10-11H,5,8-9,12H2,1-4H3,(H2,20,21,22). The van der Waals surface area contributed by atoms with Crippen LogP contribution in [0.5, 0.6) is 0 Å². The van der Waals surface area contributed by atoms with Crippen LogP contribution >= 0.6 is 15.9 Å². The third kappa shape index (κ3) is 5.37. The minimum atomic E-state index is 0.760. The van der Waals surface area contributed by atoms with Crippen LogP contribution in [0.3, 0.4) is 0 Å². The minimum absolute atomic E-state index is 0.760. The number of hydrogen-bond donors (Lipinski definition) is 2. The van der Waals surface area contributed by atoms with E-state index in [4.69, 9.17) is 0 Å². The van der Waals surface area contributed by atoms with Crippen LogP contribution in [0.1, 0.15) is 28.9 Å². The van der Waals surface area contributed by atoms with Crippen LogP contribution in [0.2, 0.25) is 0 Å². The molecule has 2 aromatic rings. The number of aromatic nitrogens is 2. The third-order valence-corrected chi connectivity index (χ3v) is 4.41. The topological polar surface area (TPSA) is 54.2 Å². The lowest BCUT2D eigenvalue weighted by atomic mass is 10.1. The SMILES string of the molecule is CN=C(NCCCn1nc(C)cc1C)NCc1ccc(Br)cc1C. The molecule has 0 unspecified atom stereocenters. The average molecular weight is 392 g/mol. The van der Waals surface area contributed by atoms with Crippen molar-refractivity contribution >= 4 is 21.9 Å². The lowest BCUT2D eigenvalue weighted by Gasteiger charge is -2.13. The van der Waals surface area contributed by atoms with Gasteiger partial charge in [0.25, 0.3) is 0 Å². The molecule has 0 aliphatic rings. The van der Waals surface area contributed by atoms with Gasteiger partial charge in [-0.3, -0.25) is 9.67 Å². The maximum atomic E-state index is 4.48. The molecular formula is C18H26BrN5. The number of aliphatic imine (C=N–C) groups is 1. The normalized spacial score (nSPS) is 11.6. The van der Waals surface area contributed by atoms with Crippen LogP contribution in [0.25, 0.3) is 0 Å². The number of hydrogen-bond acceptors (Lipinski definition) is 2. The number of nitrogens with one attached hydrogen (secondary N) is 2. The van der Waals surface area contributed by atoms with E-state index in [1.807, 2.05) is 6.92 Å². The van der Waals surface area contributed by atoms with E-state index in [-0.39, 0.29) is 0 Å². The van der Waals surface area contributed by atoms with Gasteiger partial charge < -0.3 is 10.6 Å². The largest absolute Gasteiger partial charge is 0.356 e. The molecule has 0 bridgehead atoms.